The van der Waals surface area contributed by atoms with Crippen molar-refractivity contribution in [1.29, 1.82) is 0 Å². The third kappa shape index (κ3) is 26.9. The van der Waals surface area contributed by atoms with E-state index in [1.54, 1.807) is 0 Å². The highest BCUT2D eigenvalue weighted by Crippen LogP contribution is 2.18. The Balaban J connectivity index is 0. The number of hydrogen-bond acceptors (Lipinski definition) is 0. The maximum atomic E-state index is 11.0. The van der Waals surface area contributed by atoms with Crippen LogP contribution in [0.15, 0.2) is 25.3 Å². The molecule has 0 saturated carbocycles. The minimum Gasteiger partial charge on any atom is -0.171 e. The minimum absolute atomic E-state index is 0.833. The molecule has 0 unspecified atom stereocenters. The molecule has 0 rings (SSSR count). The predicted octanol–water partition coefficient (Wildman–Crippen LogP) is 3.71. The lowest BCUT2D eigenvalue weighted by molar-refractivity contribution is -0.124. The Kier molecular flexibility index (Phi) is 8.65. The van der Waals surface area contributed by atoms with Crippen LogP contribution in [-0.4, -0.2) is 6.18 Å². The Morgan fingerprint density at radius 3 is 1.55 bits per heavy atom. The van der Waals surface area contributed by atoms with Crippen molar-refractivity contribution in [2.45, 2.75) is 25.9 Å². The van der Waals surface area contributed by atoms with E-state index in [4.69, 9.17) is 0 Å². The first-order valence-electron chi connectivity index (χ1n) is 3.26. The molecule has 0 nitrogen and oxygen atoms in total. The predicted molar refractivity (Wildman–Crippen MR) is 41.4 cm³/mol. The van der Waals surface area contributed by atoms with E-state index in [-0.39, 0.29) is 0 Å². The van der Waals surface area contributed by atoms with Gasteiger partial charge in [-0.1, -0.05) is 19.1 Å². The molecule has 0 saturated heterocycles. The van der Waals surface area contributed by atoms with Crippen molar-refractivity contribution in [3.63, 3.8) is 0 Å². The lowest BCUT2D eigenvalue weighted by atomic mass is 10.4. The van der Waals surface area contributed by atoms with Gasteiger partial charge in [0.2, 0.25) is 0 Å². The minimum atomic E-state index is -4.07. The fourth-order valence-electron chi connectivity index (χ4n) is 0.164. The molecule has 0 aromatic heterocycles. The first-order valence-corrected chi connectivity index (χ1v) is 3.26. The fourth-order valence-corrected chi connectivity index (χ4v) is 0.164. The molecule has 11 heavy (non-hydrogen) atoms. The van der Waals surface area contributed by atoms with E-state index in [0.717, 1.165) is 12.5 Å². The van der Waals surface area contributed by atoms with Crippen LogP contribution in [0.4, 0.5) is 13.2 Å². The number of rotatable bonds is 2. The molecule has 0 spiro atoms. The number of alkyl halides is 3. The Morgan fingerprint density at radius 1 is 1.18 bits per heavy atom. The van der Waals surface area contributed by atoms with Gasteiger partial charge in [-0.05, 0) is 6.42 Å². The Morgan fingerprint density at radius 2 is 1.55 bits per heavy atom. The lowest BCUT2D eigenvalue weighted by Crippen LogP contribution is -2.03. The van der Waals surface area contributed by atoms with Crippen LogP contribution in [0.2, 0.25) is 0 Å². The summed E-state index contributed by atoms with van der Waals surface area (Å²) in [6.45, 7) is 8.47. The normalized spacial score (nSPS) is 9.45. The van der Waals surface area contributed by atoms with E-state index < -0.39 is 12.6 Å². The van der Waals surface area contributed by atoms with Crippen LogP contribution in [0.1, 0.15) is 19.8 Å². The van der Waals surface area contributed by atoms with E-state index in [0.29, 0.717) is 0 Å². The first-order chi connectivity index (χ1) is 4.97. The van der Waals surface area contributed by atoms with Crippen LogP contribution >= 0.6 is 0 Å². The molecule has 0 aromatic rings. The number of allylic oxidation sites excluding steroid dienone is 2. The van der Waals surface area contributed by atoms with Crippen molar-refractivity contribution in [2.24, 2.45) is 0 Å². The van der Waals surface area contributed by atoms with Crippen LogP contribution in [0, 0.1) is 0 Å². The van der Waals surface area contributed by atoms with Crippen LogP contribution in [-0.2, 0) is 0 Å². The molecule has 0 radical (unpaired) electrons. The van der Waals surface area contributed by atoms with Crippen molar-refractivity contribution >= 4 is 0 Å². The van der Waals surface area contributed by atoms with Crippen LogP contribution in [0.5, 0.6) is 0 Å². The highest BCUT2D eigenvalue weighted by atomic mass is 19.4. The van der Waals surface area contributed by atoms with Crippen molar-refractivity contribution < 1.29 is 13.2 Å². The molecule has 0 bridgehead atoms. The second-order valence-electron chi connectivity index (χ2n) is 1.80. The highest BCUT2D eigenvalue weighted by Gasteiger charge is 2.23. The summed E-state index contributed by atoms with van der Waals surface area (Å²) in [5.41, 5.74) is 0. The van der Waals surface area contributed by atoms with Gasteiger partial charge in [0.25, 0.3) is 0 Å². The third-order valence-electron chi connectivity index (χ3n) is 0.664. The summed E-state index contributed by atoms with van der Waals surface area (Å²) in [6.07, 6.45) is -1.17. The van der Waals surface area contributed by atoms with Gasteiger partial charge in [-0.3, -0.25) is 0 Å². The summed E-state index contributed by atoms with van der Waals surface area (Å²) >= 11 is 0. The summed E-state index contributed by atoms with van der Waals surface area (Å²) in [4.78, 5) is 0. The molecule has 0 N–H and O–H groups in total. The summed E-state index contributed by atoms with van der Waals surface area (Å²) in [6, 6.07) is 0. The van der Waals surface area contributed by atoms with Gasteiger partial charge in [-0.15, -0.1) is 13.2 Å². The van der Waals surface area contributed by atoms with Gasteiger partial charge in [-0.2, -0.15) is 13.2 Å². The largest absolute Gasteiger partial charge is 0.392 e. The van der Waals surface area contributed by atoms with E-state index in [1.807, 2.05) is 6.08 Å². The van der Waals surface area contributed by atoms with Gasteiger partial charge >= 0.3 is 6.18 Å². The zero-order valence-electron chi connectivity index (χ0n) is 6.62. The quantitative estimate of drug-likeness (QED) is 0.548. The monoisotopic (exact) mass is 166 g/mol. The Labute approximate surface area is 65.4 Å². The van der Waals surface area contributed by atoms with Gasteiger partial charge < -0.3 is 0 Å². The second-order valence-corrected chi connectivity index (χ2v) is 1.80. The molecule has 0 aliphatic rings. The van der Waals surface area contributed by atoms with Gasteiger partial charge in [0.15, 0.2) is 0 Å². The molecule has 0 aliphatic heterocycles. The average Bonchev–Trinajstić information content (AvgIpc) is 1.86. The summed E-state index contributed by atoms with van der Waals surface area (Å²) in [7, 11) is 0. The molecule has 0 fully saturated rings. The Bertz CT molecular complexity index is 102. The molecule has 0 amide bonds. The molecule has 66 valence electrons. The summed E-state index contributed by atoms with van der Waals surface area (Å²) in [5, 5.41) is 0. The van der Waals surface area contributed by atoms with Crippen molar-refractivity contribution in [2.75, 3.05) is 0 Å². The zero-order valence-corrected chi connectivity index (χ0v) is 6.62. The van der Waals surface area contributed by atoms with Gasteiger partial charge in [0.1, 0.15) is 0 Å². The van der Waals surface area contributed by atoms with Gasteiger partial charge in [0.05, 0.1) is 6.42 Å². The smallest absolute Gasteiger partial charge is 0.171 e. The highest BCUT2D eigenvalue weighted by molar-refractivity contribution is 4.70. The van der Waals surface area contributed by atoms with Crippen LogP contribution in [0.3, 0.4) is 0 Å². The average molecular weight is 166 g/mol. The van der Waals surface area contributed by atoms with Crippen molar-refractivity contribution in [1.82, 2.24) is 0 Å². The third-order valence-corrected chi connectivity index (χ3v) is 0.664. The topological polar surface area (TPSA) is 0 Å². The molecule has 0 atom stereocenters. The molecular formula is C8H13F3. The van der Waals surface area contributed by atoms with Crippen molar-refractivity contribution in [3.8, 4) is 0 Å². The molecular weight excluding hydrogens is 153 g/mol. The molecule has 3 heteroatoms. The molecule has 0 aromatic carbocycles. The zero-order chi connectivity index (χ0) is 9.33. The van der Waals surface area contributed by atoms with E-state index in [2.05, 4.69) is 20.1 Å². The van der Waals surface area contributed by atoms with Crippen LogP contribution in [0.25, 0.3) is 0 Å². The summed E-state index contributed by atoms with van der Waals surface area (Å²) in [5.74, 6) is 0. The molecule has 0 aliphatic carbocycles. The lowest BCUT2D eigenvalue weighted by Gasteiger charge is -1.97. The first kappa shape index (κ1) is 12.9. The van der Waals surface area contributed by atoms with E-state index in [9.17, 15) is 13.2 Å². The standard InChI is InChI=1S/C4H5F3.C4H8/c1-2-3-4(5,6)7;1-3-4-2/h2H,1,3H2;3H,1,4H2,2H3. The van der Waals surface area contributed by atoms with E-state index in [1.165, 1.54) is 0 Å². The van der Waals surface area contributed by atoms with Gasteiger partial charge in [-0.25, -0.2) is 0 Å². The fraction of sp³-hybridized carbons (Fsp3) is 0.500. The summed E-state index contributed by atoms with van der Waals surface area (Å²) < 4.78 is 33.0. The van der Waals surface area contributed by atoms with Gasteiger partial charge in [0, 0.05) is 0 Å². The van der Waals surface area contributed by atoms with E-state index >= 15 is 0 Å². The van der Waals surface area contributed by atoms with Crippen LogP contribution < -0.4 is 0 Å². The molecule has 0 heterocycles. The SMILES string of the molecule is C=CCC.C=CCC(F)(F)F. The van der Waals surface area contributed by atoms with Crippen molar-refractivity contribution in [3.05, 3.63) is 25.3 Å². The maximum Gasteiger partial charge on any atom is 0.392 e. The Hall–Kier alpha value is -0.730. The number of halogens is 3. The number of hydrogen-bond donors (Lipinski definition) is 0. The maximum absolute atomic E-state index is 11.0. The second kappa shape index (κ2) is 7.38.